The van der Waals surface area contributed by atoms with Gasteiger partial charge in [0.25, 0.3) is 0 Å². The first-order valence-electron chi connectivity index (χ1n) is 5.72. The third kappa shape index (κ3) is 3.16. The lowest BCUT2D eigenvalue weighted by atomic mass is 10.1. The standard InChI is InChI=1S/C14H12O5S/c15-11-3-1-10(2-4-11)14(17)9-20(18,19)13-7-5-12(16)6-8-13/h1-8,15-16H,9H2. The van der Waals surface area contributed by atoms with Crippen LogP contribution in [0.2, 0.25) is 0 Å². The van der Waals surface area contributed by atoms with Crippen LogP contribution in [0.5, 0.6) is 11.5 Å². The van der Waals surface area contributed by atoms with Crippen molar-refractivity contribution in [1.29, 1.82) is 0 Å². The van der Waals surface area contributed by atoms with Gasteiger partial charge in [-0.2, -0.15) is 0 Å². The van der Waals surface area contributed by atoms with Gasteiger partial charge in [0.15, 0.2) is 15.6 Å². The summed E-state index contributed by atoms with van der Waals surface area (Å²) in [6.45, 7) is 0. The van der Waals surface area contributed by atoms with Gasteiger partial charge >= 0.3 is 0 Å². The Morgan fingerprint density at radius 3 is 1.80 bits per heavy atom. The van der Waals surface area contributed by atoms with Gasteiger partial charge in [-0.15, -0.1) is 0 Å². The fourth-order valence-corrected chi connectivity index (χ4v) is 2.87. The van der Waals surface area contributed by atoms with Crippen molar-refractivity contribution >= 4 is 15.6 Å². The van der Waals surface area contributed by atoms with Crippen molar-refractivity contribution in [3.63, 3.8) is 0 Å². The van der Waals surface area contributed by atoms with Gasteiger partial charge in [-0.1, -0.05) is 0 Å². The van der Waals surface area contributed by atoms with Gasteiger partial charge in [0.05, 0.1) is 4.90 Å². The van der Waals surface area contributed by atoms with Crippen LogP contribution in [0.4, 0.5) is 0 Å². The molecular formula is C14H12O5S. The van der Waals surface area contributed by atoms with E-state index in [1.165, 1.54) is 48.5 Å². The minimum Gasteiger partial charge on any atom is -0.508 e. The zero-order valence-electron chi connectivity index (χ0n) is 10.4. The van der Waals surface area contributed by atoms with Crippen LogP contribution >= 0.6 is 0 Å². The minimum atomic E-state index is -3.76. The van der Waals surface area contributed by atoms with Crippen LogP contribution in [0.15, 0.2) is 53.4 Å². The summed E-state index contributed by atoms with van der Waals surface area (Å²) >= 11 is 0. The fourth-order valence-electron chi connectivity index (χ4n) is 1.64. The molecule has 0 saturated carbocycles. The second-order valence-corrected chi connectivity index (χ2v) is 6.21. The molecule has 0 radical (unpaired) electrons. The van der Waals surface area contributed by atoms with E-state index in [0.717, 1.165) is 0 Å². The first-order chi connectivity index (χ1) is 9.38. The van der Waals surface area contributed by atoms with Crippen LogP contribution in [0, 0.1) is 0 Å². The van der Waals surface area contributed by atoms with Gasteiger partial charge < -0.3 is 10.2 Å². The number of benzene rings is 2. The summed E-state index contributed by atoms with van der Waals surface area (Å²) in [5.41, 5.74) is 0.213. The number of phenolic OH excluding ortho intramolecular Hbond substituents is 2. The van der Waals surface area contributed by atoms with Gasteiger partial charge in [-0.05, 0) is 48.5 Å². The molecule has 0 saturated heterocycles. The van der Waals surface area contributed by atoms with E-state index in [1.54, 1.807) is 0 Å². The molecule has 0 spiro atoms. The van der Waals surface area contributed by atoms with Crippen LogP contribution < -0.4 is 0 Å². The Kier molecular flexibility index (Phi) is 3.76. The van der Waals surface area contributed by atoms with Gasteiger partial charge in [-0.25, -0.2) is 8.42 Å². The SMILES string of the molecule is O=C(CS(=O)(=O)c1ccc(O)cc1)c1ccc(O)cc1. The Morgan fingerprint density at radius 2 is 1.30 bits per heavy atom. The van der Waals surface area contributed by atoms with E-state index >= 15 is 0 Å². The number of ketones is 1. The third-order valence-electron chi connectivity index (χ3n) is 2.71. The van der Waals surface area contributed by atoms with E-state index in [-0.39, 0.29) is 22.0 Å². The number of hydrogen-bond donors (Lipinski definition) is 2. The molecule has 0 fully saturated rings. The monoisotopic (exact) mass is 292 g/mol. The molecule has 2 aromatic carbocycles. The third-order valence-corrected chi connectivity index (χ3v) is 4.34. The quantitative estimate of drug-likeness (QED) is 0.838. The second-order valence-electron chi connectivity index (χ2n) is 4.22. The number of aromatic hydroxyl groups is 2. The van der Waals surface area contributed by atoms with Gasteiger partial charge in [-0.3, -0.25) is 4.79 Å². The van der Waals surface area contributed by atoms with Crippen molar-refractivity contribution in [1.82, 2.24) is 0 Å². The van der Waals surface area contributed by atoms with E-state index < -0.39 is 21.4 Å². The summed E-state index contributed by atoms with van der Waals surface area (Å²) in [4.78, 5) is 11.9. The number of phenols is 2. The molecule has 0 aliphatic heterocycles. The van der Waals surface area contributed by atoms with Crippen molar-refractivity contribution in [2.45, 2.75) is 4.90 Å². The predicted octanol–water partition coefficient (Wildman–Crippen LogP) is 1.75. The van der Waals surface area contributed by atoms with Gasteiger partial charge in [0, 0.05) is 5.56 Å². The highest BCUT2D eigenvalue weighted by molar-refractivity contribution is 7.92. The molecule has 0 bridgehead atoms. The average molecular weight is 292 g/mol. The molecule has 2 aromatic rings. The summed E-state index contributed by atoms with van der Waals surface area (Å²) in [6.07, 6.45) is 0. The summed E-state index contributed by atoms with van der Waals surface area (Å²) < 4.78 is 24.1. The van der Waals surface area contributed by atoms with Crippen LogP contribution in [-0.4, -0.2) is 30.2 Å². The van der Waals surface area contributed by atoms with E-state index in [9.17, 15) is 13.2 Å². The number of rotatable bonds is 4. The largest absolute Gasteiger partial charge is 0.508 e. The van der Waals surface area contributed by atoms with Crippen molar-refractivity contribution in [2.75, 3.05) is 5.75 Å². The molecule has 2 N–H and O–H groups in total. The van der Waals surface area contributed by atoms with Crippen LogP contribution in [0.1, 0.15) is 10.4 Å². The first-order valence-corrected chi connectivity index (χ1v) is 7.38. The smallest absolute Gasteiger partial charge is 0.185 e. The topological polar surface area (TPSA) is 91.7 Å². The Bertz CT molecular complexity index is 715. The lowest BCUT2D eigenvalue weighted by Crippen LogP contribution is -2.16. The molecular weight excluding hydrogens is 280 g/mol. The molecule has 20 heavy (non-hydrogen) atoms. The van der Waals surface area contributed by atoms with Gasteiger partial charge in [0.1, 0.15) is 17.3 Å². The number of hydrogen-bond acceptors (Lipinski definition) is 5. The first kappa shape index (κ1) is 14.1. The number of Topliss-reactive ketones (excluding diaryl/α,β-unsaturated/α-hetero) is 1. The summed E-state index contributed by atoms with van der Waals surface area (Å²) in [5.74, 6) is -1.27. The maximum Gasteiger partial charge on any atom is 0.185 e. The highest BCUT2D eigenvalue weighted by atomic mass is 32.2. The summed E-state index contributed by atoms with van der Waals surface area (Å²) in [7, 11) is -3.76. The van der Waals surface area contributed by atoms with Crippen LogP contribution in [-0.2, 0) is 9.84 Å². The van der Waals surface area contributed by atoms with E-state index in [0.29, 0.717) is 0 Å². The summed E-state index contributed by atoms with van der Waals surface area (Å²) in [6, 6.07) is 10.4. The molecule has 0 unspecified atom stereocenters. The lowest BCUT2D eigenvalue weighted by molar-refractivity contribution is 0.102. The van der Waals surface area contributed by atoms with Crippen molar-refractivity contribution < 1.29 is 23.4 Å². The number of carbonyl (C=O) groups excluding carboxylic acids is 1. The second kappa shape index (κ2) is 5.34. The molecule has 0 heterocycles. The zero-order valence-corrected chi connectivity index (χ0v) is 11.2. The Morgan fingerprint density at radius 1 is 0.850 bits per heavy atom. The summed E-state index contributed by atoms with van der Waals surface area (Å²) in [5, 5.41) is 18.2. The predicted molar refractivity (Wildman–Crippen MR) is 72.6 cm³/mol. The lowest BCUT2D eigenvalue weighted by Gasteiger charge is -2.04. The molecule has 2 rings (SSSR count). The maximum absolute atomic E-state index is 12.0. The molecule has 0 amide bonds. The van der Waals surface area contributed by atoms with Crippen molar-refractivity contribution in [3.8, 4) is 11.5 Å². The van der Waals surface area contributed by atoms with Gasteiger partial charge in [0.2, 0.25) is 0 Å². The molecule has 0 aliphatic carbocycles. The van der Waals surface area contributed by atoms with Crippen molar-refractivity contribution in [3.05, 3.63) is 54.1 Å². The van der Waals surface area contributed by atoms with E-state index in [1.807, 2.05) is 0 Å². The Balaban J connectivity index is 2.22. The fraction of sp³-hybridized carbons (Fsp3) is 0.0714. The molecule has 0 aromatic heterocycles. The van der Waals surface area contributed by atoms with Crippen LogP contribution in [0.25, 0.3) is 0 Å². The van der Waals surface area contributed by atoms with Crippen LogP contribution in [0.3, 0.4) is 0 Å². The van der Waals surface area contributed by atoms with E-state index in [4.69, 9.17) is 10.2 Å². The minimum absolute atomic E-state index is 0.00272. The number of sulfone groups is 1. The molecule has 6 heteroatoms. The highest BCUT2D eigenvalue weighted by Crippen LogP contribution is 2.17. The Hall–Kier alpha value is -2.34. The average Bonchev–Trinajstić information content (AvgIpc) is 2.39. The molecule has 5 nitrogen and oxygen atoms in total. The van der Waals surface area contributed by atoms with E-state index in [2.05, 4.69) is 0 Å². The molecule has 0 aliphatic rings. The maximum atomic E-state index is 12.0. The normalized spacial score (nSPS) is 11.2. The molecule has 0 atom stereocenters. The highest BCUT2D eigenvalue weighted by Gasteiger charge is 2.20. The number of carbonyl (C=O) groups is 1. The molecule has 104 valence electrons. The van der Waals surface area contributed by atoms with Crippen molar-refractivity contribution in [2.24, 2.45) is 0 Å². The Labute approximate surface area is 116 Å². The zero-order chi connectivity index (χ0) is 14.8.